The van der Waals surface area contributed by atoms with Crippen LogP contribution in [0.5, 0.6) is 0 Å². The van der Waals surface area contributed by atoms with E-state index in [4.69, 9.17) is 14.2 Å². The van der Waals surface area contributed by atoms with Gasteiger partial charge >= 0.3 is 17.9 Å². The fraction of sp³-hybridized carbons (Fsp3) is 0.653. The Labute approximate surface area is 481 Å². The van der Waals surface area contributed by atoms with Gasteiger partial charge in [0, 0.05) is 19.3 Å². The van der Waals surface area contributed by atoms with Crippen molar-refractivity contribution in [2.75, 3.05) is 13.2 Å². The van der Waals surface area contributed by atoms with Gasteiger partial charge in [0.25, 0.3) is 0 Å². The Kier molecular flexibility index (Phi) is 61.4. The van der Waals surface area contributed by atoms with Gasteiger partial charge < -0.3 is 14.2 Å². The molecule has 0 aliphatic carbocycles. The second-order valence-corrected chi connectivity index (χ2v) is 20.9. The molecule has 0 N–H and O–H groups in total. The highest BCUT2D eigenvalue weighted by Gasteiger charge is 2.19. The van der Waals surface area contributed by atoms with Gasteiger partial charge in [-0.15, -0.1) is 0 Å². The van der Waals surface area contributed by atoms with Crippen LogP contribution in [-0.4, -0.2) is 37.2 Å². The molecular weight excluding hydrogens is 961 g/mol. The normalized spacial score (nSPS) is 13.0. The van der Waals surface area contributed by atoms with E-state index < -0.39 is 6.10 Å². The van der Waals surface area contributed by atoms with Gasteiger partial charge in [-0.25, -0.2) is 0 Å². The lowest BCUT2D eigenvalue weighted by molar-refractivity contribution is -0.167. The van der Waals surface area contributed by atoms with Crippen molar-refractivity contribution in [3.63, 3.8) is 0 Å². The Morgan fingerprint density at radius 3 is 0.795 bits per heavy atom. The van der Waals surface area contributed by atoms with E-state index in [0.717, 1.165) is 148 Å². The fourth-order valence-corrected chi connectivity index (χ4v) is 8.59. The maximum Gasteiger partial charge on any atom is 0.306 e. The third kappa shape index (κ3) is 62.4. The second kappa shape index (κ2) is 65.1. The molecule has 0 amide bonds. The van der Waals surface area contributed by atoms with Crippen LogP contribution in [0.2, 0.25) is 0 Å². The van der Waals surface area contributed by atoms with Crippen LogP contribution < -0.4 is 0 Å². The largest absolute Gasteiger partial charge is 0.462 e. The predicted molar refractivity (Wildman–Crippen MR) is 339 cm³/mol. The molecule has 0 aromatic rings. The minimum atomic E-state index is -0.801. The molecule has 0 aliphatic heterocycles. The molecule has 0 radical (unpaired) electrons. The number of unbranched alkanes of at least 4 members (excludes halogenated alkanes) is 24. The molecule has 6 heteroatoms. The molecular formula is C72H118O6. The molecule has 1 unspecified atom stereocenters. The molecule has 0 bridgehead atoms. The first-order valence-corrected chi connectivity index (χ1v) is 32.2. The third-order valence-electron chi connectivity index (χ3n) is 13.4. The highest BCUT2D eigenvalue weighted by atomic mass is 16.6. The van der Waals surface area contributed by atoms with Crippen LogP contribution in [0.1, 0.15) is 284 Å². The van der Waals surface area contributed by atoms with Crippen LogP contribution in [0.15, 0.2) is 134 Å². The highest BCUT2D eigenvalue weighted by molar-refractivity contribution is 5.71. The van der Waals surface area contributed by atoms with Crippen molar-refractivity contribution in [3.05, 3.63) is 134 Å². The number of carbonyl (C=O) groups is 3. The summed E-state index contributed by atoms with van der Waals surface area (Å²) in [6, 6.07) is 0. The zero-order valence-corrected chi connectivity index (χ0v) is 50.6. The minimum Gasteiger partial charge on any atom is -0.462 e. The summed E-state index contributed by atoms with van der Waals surface area (Å²) in [5, 5.41) is 0. The number of hydrogen-bond donors (Lipinski definition) is 0. The SMILES string of the molecule is CC/C=C\C/C=C\C/C=C\C/C=C\C/C=C\C/C=C\CCCCCCCCCCCCCCCCC(=O)OCC(COC(=O)CCCCC/C=C\C/C=C\C/C=C\CC)OC(=O)CCCCCCC/C=C\C/C=C\CCCC. The first-order valence-electron chi connectivity index (χ1n) is 32.2. The molecule has 6 nitrogen and oxygen atoms in total. The van der Waals surface area contributed by atoms with E-state index >= 15 is 0 Å². The van der Waals surface area contributed by atoms with Crippen LogP contribution in [0, 0.1) is 0 Å². The zero-order chi connectivity index (χ0) is 56.4. The van der Waals surface area contributed by atoms with E-state index in [1.807, 2.05) is 0 Å². The van der Waals surface area contributed by atoms with E-state index in [1.165, 1.54) is 96.3 Å². The topological polar surface area (TPSA) is 78.9 Å². The molecule has 0 saturated carbocycles. The van der Waals surface area contributed by atoms with Crippen LogP contribution in [-0.2, 0) is 28.6 Å². The van der Waals surface area contributed by atoms with Crippen molar-refractivity contribution in [3.8, 4) is 0 Å². The molecule has 0 spiro atoms. The average Bonchev–Trinajstić information content (AvgIpc) is 3.44. The van der Waals surface area contributed by atoms with Crippen LogP contribution >= 0.6 is 0 Å². The van der Waals surface area contributed by atoms with Gasteiger partial charge in [0.1, 0.15) is 13.2 Å². The van der Waals surface area contributed by atoms with E-state index in [1.54, 1.807) is 0 Å². The van der Waals surface area contributed by atoms with Gasteiger partial charge in [0.15, 0.2) is 6.10 Å². The highest BCUT2D eigenvalue weighted by Crippen LogP contribution is 2.16. The van der Waals surface area contributed by atoms with Crippen molar-refractivity contribution in [1.29, 1.82) is 0 Å². The predicted octanol–water partition coefficient (Wildman–Crippen LogP) is 22.2. The Morgan fingerprint density at radius 2 is 0.500 bits per heavy atom. The number of rotatable bonds is 57. The van der Waals surface area contributed by atoms with Crippen molar-refractivity contribution in [2.45, 2.75) is 290 Å². The summed E-state index contributed by atoms with van der Waals surface area (Å²) in [5.74, 6) is -0.939. The van der Waals surface area contributed by atoms with Crippen molar-refractivity contribution in [2.24, 2.45) is 0 Å². The average molecular weight is 1080 g/mol. The smallest absolute Gasteiger partial charge is 0.306 e. The minimum absolute atomic E-state index is 0.0953. The van der Waals surface area contributed by atoms with E-state index in [-0.39, 0.29) is 31.1 Å². The van der Waals surface area contributed by atoms with Gasteiger partial charge in [0.05, 0.1) is 0 Å². The van der Waals surface area contributed by atoms with Gasteiger partial charge in [-0.2, -0.15) is 0 Å². The summed E-state index contributed by atoms with van der Waals surface area (Å²) in [4.78, 5) is 38.2. The number of allylic oxidation sites excluding steroid dienone is 22. The third-order valence-corrected chi connectivity index (χ3v) is 13.4. The molecule has 0 heterocycles. The molecule has 442 valence electrons. The molecule has 78 heavy (non-hydrogen) atoms. The second-order valence-electron chi connectivity index (χ2n) is 20.9. The standard InChI is InChI=1S/C72H118O6/c1-4-7-10-13-16-19-22-25-27-28-29-30-31-32-33-34-35-36-37-38-39-40-41-42-43-44-45-48-50-53-56-59-62-65-71(74)77-68-69(67-76-70(73)64-61-58-55-52-49-46-24-21-18-15-12-9-6-3)78-72(75)66-63-60-57-54-51-47-26-23-20-17-14-11-8-5-2/h7,9-10,12,14,16-19,21,23,25-27,29-30,32-33,35-36,46,49,69H,4-6,8,11,13,15,20,22,24,28,31,34,37-45,47-48,50-68H2,1-3H3/b10-7-,12-9-,17-14-,19-16-,21-18-,26-23-,27-25-,30-29-,33-32-,36-35-,49-46-. The molecule has 1 atom stereocenters. The summed E-state index contributed by atoms with van der Waals surface area (Å²) in [7, 11) is 0. The number of esters is 3. The number of hydrogen-bond acceptors (Lipinski definition) is 6. The zero-order valence-electron chi connectivity index (χ0n) is 50.6. The quantitative estimate of drug-likeness (QED) is 0.0261. The maximum atomic E-state index is 12.9. The van der Waals surface area contributed by atoms with Gasteiger partial charge in [0.2, 0.25) is 0 Å². The van der Waals surface area contributed by atoms with E-state index in [0.29, 0.717) is 19.3 Å². The van der Waals surface area contributed by atoms with Crippen LogP contribution in [0.4, 0.5) is 0 Å². The molecule has 0 aliphatic rings. The summed E-state index contributed by atoms with van der Waals surface area (Å²) in [6.07, 6.45) is 91.9. The molecule has 0 rings (SSSR count). The molecule has 0 aromatic carbocycles. The Bertz CT molecular complexity index is 1670. The molecule has 0 saturated heterocycles. The van der Waals surface area contributed by atoms with Gasteiger partial charge in [-0.3, -0.25) is 14.4 Å². The lowest BCUT2D eigenvalue weighted by atomic mass is 10.0. The van der Waals surface area contributed by atoms with Crippen molar-refractivity contribution in [1.82, 2.24) is 0 Å². The van der Waals surface area contributed by atoms with Crippen LogP contribution in [0.25, 0.3) is 0 Å². The summed E-state index contributed by atoms with van der Waals surface area (Å²) in [6.45, 7) is 6.34. The van der Waals surface area contributed by atoms with Crippen molar-refractivity contribution < 1.29 is 28.6 Å². The van der Waals surface area contributed by atoms with E-state index in [2.05, 4.69) is 154 Å². The Morgan fingerprint density at radius 1 is 0.269 bits per heavy atom. The lowest BCUT2D eigenvalue weighted by Gasteiger charge is -2.18. The summed E-state index contributed by atoms with van der Waals surface area (Å²) >= 11 is 0. The summed E-state index contributed by atoms with van der Waals surface area (Å²) < 4.78 is 16.9. The van der Waals surface area contributed by atoms with Crippen molar-refractivity contribution >= 4 is 17.9 Å². The maximum absolute atomic E-state index is 12.9. The lowest BCUT2D eigenvalue weighted by Crippen LogP contribution is -2.30. The fourth-order valence-electron chi connectivity index (χ4n) is 8.59. The first-order chi connectivity index (χ1) is 38.5. The Hall–Kier alpha value is -4.45. The van der Waals surface area contributed by atoms with Crippen LogP contribution in [0.3, 0.4) is 0 Å². The van der Waals surface area contributed by atoms with Gasteiger partial charge in [-0.1, -0.05) is 270 Å². The monoisotopic (exact) mass is 1080 g/mol. The Balaban J connectivity index is 4.21. The number of carbonyl (C=O) groups excluding carboxylic acids is 3. The number of ether oxygens (including phenoxy) is 3. The molecule has 0 aromatic heterocycles. The molecule has 0 fully saturated rings. The first kappa shape index (κ1) is 73.5. The van der Waals surface area contributed by atoms with Gasteiger partial charge in [-0.05, 0) is 128 Å². The summed E-state index contributed by atoms with van der Waals surface area (Å²) in [5.41, 5.74) is 0. The van der Waals surface area contributed by atoms with E-state index in [9.17, 15) is 14.4 Å².